The number of benzene rings is 1. The van der Waals surface area contributed by atoms with Crippen molar-refractivity contribution >= 4 is 0 Å². The Kier molecular flexibility index (Phi) is 5.43. The van der Waals surface area contributed by atoms with Gasteiger partial charge in [0.2, 0.25) is 0 Å². The standard InChI is InChI=1S/C12H16F3NO2/c1-2-16-7-9-5-3-4-6-10(9)18-8-11(17)12(13,14)15/h3-6,11,16-17H,2,7-8H2,1H3. The molecule has 1 aromatic carbocycles. The minimum absolute atomic E-state index is 0.349. The van der Waals surface area contributed by atoms with Crippen molar-refractivity contribution in [3.63, 3.8) is 0 Å². The minimum Gasteiger partial charge on any atom is -0.490 e. The van der Waals surface area contributed by atoms with E-state index in [0.29, 0.717) is 12.3 Å². The summed E-state index contributed by atoms with van der Waals surface area (Å²) in [6.45, 7) is 2.39. The van der Waals surface area contributed by atoms with Gasteiger partial charge in [-0.2, -0.15) is 13.2 Å². The van der Waals surface area contributed by atoms with Crippen molar-refractivity contribution in [3.8, 4) is 5.75 Å². The van der Waals surface area contributed by atoms with Crippen molar-refractivity contribution in [1.29, 1.82) is 0 Å². The van der Waals surface area contributed by atoms with Crippen molar-refractivity contribution in [1.82, 2.24) is 5.32 Å². The van der Waals surface area contributed by atoms with E-state index in [1.54, 1.807) is 24.3 Å². The average Bonchev–Trinajstić information content (AvgIpc) is 2.33. The van der Waals surface area contributed by atoms with E-state index in [1.807, 2.05) is 6.92 Å². The summed E-state index contributed by atoms with van der Waals surface area (Å²) in [7, 11) is 0. The van der Waals surface area contributed by atoms with Crippen LogP contribution in [-0.2, 0) is 6.54 Å². The molecule has 0 aliphatic carbocycles. The average molecular weight is 263 g/mol. The van der Waals surface area contributed by atoms with Crippen LogP contribution >= 0.6 is 0 Å². The molecule has 6 heteroatoms. The van der Waals surface area contributed by atoms with Crippen LogP contribution in [0.2, 0.25) is 0 Å². The molecular formula is C12H16F3NO2. The van der Waals surface area contributed by atoms with Gasteiger partial charge in [-0.05, 0) is 12.6 Å². The Morgan fingerprint density at radius 1 is 1.33 bits per heavy atom. The molecule has 0 aliphatic heterocycles. The number of nitrogens with one attached hydrogen (secondary N) is 1. The van der Waals surface area contributed by atoms with Crippen molar-refractivity contribution in [2.75, 3.05) is 13.2 Å². The second-order valence-corrected chi connectivity index (χ2v) is 3.76. The lowest BCUT2D eigenvalue weighted by atomic mass is 10.2. The van der Waals surface area contributed by atoms with Gasteiger partial charge in [0.15, 0.2) is 6.10 Å². The van der Waals surface area contributed by atoms with Gasteiger partial charge in [-0.1, -0.05) is 25.1 Å². The largest absolute Gasteiger partial charge is 0.490 e. The summed E-state index contributed by atoms with van der Waals surface area (Å²) < 4.78 is 41.4. The predicted molar refractivity (Wildman–Crippen MR) is 61.4 cm³/mol. The summed E-state index contributed by atoms with van der Waals surface area (Å²) >= 11 is 0. The van der Waals surface area contributed by atoms with Gasteiger partial charge in [0.05, 0.1) is 0 Å². The summed E-state index contributed by atoms with van der Waals surface area (Å²) in [4.78, 5) is 0. The van der Waals surface area contributed by atoms with Crippen LogP contribution in [0.4, 0.5) is 13.2 Å². The van der Waals surface area contributed by atoms with Gasteiger partial charge in [0, 0.05) is 12.1 Å². The molecule has 1 atom stereocenters. The third-order valence-corrected chi connectivity index (χ3v) is 2.31. The molecule has 18 heavy (non-hydrogen) atoms. The molecule has 0 heterocycles. The molecule has 3 nitrogen and oxygen atoms in total. The van der Waals surface area contributed by atoms with E-state index in [4.69, 9.17) is 9.84 Å². The third kappa shape index (κ3) is 4.54. The molecule has 2 N–H and O–H groups in total. The number of halogens is 3. The fraction of sp³-hybridized carbons (Fsp3) is 0.500. The van der Waals surface area contributed by atoms with Gasteiger partial charge in [0.1, 0.15) is 12.4 Å². The first kappa shape index (κ1) is 14.8. The number of alkyl halides is 3. The lowest BCUT2D eigenvalue weighted by Gasteiger charge is -2.17. The zero-order valence-electron chi connectivity index (χ0n) is 10.00. The monoisotopic (exact) mass is 263 g/mol. The number of hydrogen-bond donors (Lipinski definition) is 2. The molecule has 0 radical (unpaired) electrons. The SMILES string of the molecule is CCNCc1ccccc1OCC(O)C(F)(F)F. The van der Waals surface area contributed by atoms with Gasteiger partial charge < -0.3 is 15.2 Å². The van der Waals surface area contributed by atoms with Crippen LogP contribution in [0.1, 0.15) is 12.5 Å². The Balaban J connectivity index is 2.61. The van der Waals surface area contributed by atoms with E-state index in [9.17, 15) is 13.2 Å². The van der Waals surface area contributed by atoms with Crippen molar-refractivity contribution < 1.29 is 23.0 Å². The number of aliphatic hydroxyl groups excluding tert-OH is 1. The van der Waals surface area contributed by atoms with Crippen LogP contribution in [0.15, 0.2) is 24.3 Å². The van der Waals surface area contributed by atoms with E-state index in [2.05, 4.69) is 5.32 Å². The van der Waals surface area contributed by atoms with Crippen LogP contribution < -0.4 is 10.1 Å². The van der Waals surface area contributed by atoms with E-state index >= 15 is 0 Å². The quantitative estimate of drug-likeness (QED) is 0.826. The van der Waals surface area contributed by atoms with E-state index < -0.39 is 18.9 Å². The number of aliphatic hydroxyl groups is 1. The van der Waals surface area contributed by atoms with Gasteiger partial charge in [-0.15, -0.1) is 0 Å². The molecule has 1 aromatic rings. The van der Waals surface area contributed by atoms with Gasteiger partial charge in [-0.3, -0.25) is 0 Å². The summed E-state index contributed by atoms with van der Waals surface area (Å²) in [6.07, 6.45) is -7.12. The fourth-order valence-electron chi connectivity index (χ4n) is 1.31. The molecule has 1 unspecified atom stereocenters. The smallest absolute Gasteiger partial charge is 0.417 e. The lowest BCUT2D eigenvalue weighted by molar-refractivity contribution is -0.210. The van der Waals surface area contributed by atoms with Crippen LogP contribution in [-0.4, -0.2) is 30.5 Å². The highest BCUT2D eigenvalue weighted by molar-refractivity contribution is 5.33. The molecule has 0 amide bonds. The van der Waals surface area contributed by atoms with E-state index in [-0.39, 0.29) is 0 Å². The minimum atomic E-state index is -4.66. The van der Waals surface area contributed by atoms with Crippen molar-refractivity contribution in [2.24, 2.45) is 0 Å². The Labute approximate surface area is 104 Å². The second-order valence-electron chi connectivity index (χ2n) is 3.76. The topological polar surface area (TPSA) is 41.5 Å². The summed E-state index contributed by atoms with van der Waals surface area (Å²) in [5, 5.41) is 11.9. The van der Waals surface area contributed by atoms with Gasteiger partial charge in [0.25, 0.3) is 0 Å². The van der Waals surface area contributed by atoms with Crippen LogP contribution in [0.5, 0.6) is 5.75 Å². The van der Waals surface area contributed by atoms with E-state index in [0.717, 1.165) is 12.1 Å². The predicted octanol–water partition coefficient (Wildman–Crippen LogP) is 2.10. The summed E-state index contributed by atoms with van der Waals surface area (Å²) in [5.74, 6) is 0.349. The maximum absolute atomic E-state index is 12.1. The molecule has 0 saturated carbocycles. The number of para-hydroxylation sites is 1. The first-order valence-corrected chi connectivity index (χ1v) is 5.61. The second kappa shape index (κ2) is 6.61. The molecule has 0 saturated heterocycles. The summed E-state index contributed by atoms with van der Waals surface area (Å²) in [5.41, 5.74) is 0.758. The summed E-state index contributed by atoms with van der Waals surface area (Å²) in [6, 6.07) is 6.79. The molecule has 0 fully saturated rings. The molecule has 0 aromatic heterocycles. The number of ether oxygens (including phenoxy) is 1. The maximum atomic E-state index is 12.1. The maximum Gasteiger partial charge on any atom is 0.417 e. The number of rotatable bonds is 6. The third-order valence-electron chi connectivity index (χ3n) is 2.31. The molecule has 0 bridgehead atoms. The highest BCUT2D eigenvalue weighted by Crippen LogP contribution is 2.23. The Hall–Kier alpha value is -1.27. The number of hydrogen-bond acceptors (Lipinski definition) is 3. The molecular weight excluding hydrogens is 247 g/mol. The zero-order chi connectivity index (χ0) is 13.6. The van der Waals surface area contributed by atoms with Crippen LogP contribution in [0.3, 0.4) is 0 Å². The van der Waals surface area contributed by atoms with Gasteiger partial charge >= 0.3 is 6.18 Å². The zero-order valence-corrected chi connectivity index (χ0v) is 10.00. The molecule has 1 rings (SSSR count). The van der Waals surface area contributed by atoms with Crippen molar-refractivity contribution in [2.45, 2.75) is 25.7 Å². The van der Waals surface area contributed by atoms with E-state index in [1.165, 1.54) is 0 Å². The van der Waals surface area contributed by atoms with Crippen LogP contribution in [0.25, 0.3) is 0 Å². The first-order chi connectivity index (χ1) is 8.45. The molecule has 0 aliphatic rings. The van der Waals surface area contributed by atoms with Crippen LogP contribution in [0, 0.1) is 0 Å². The van der Waals surface area contributed by atoms with Gasteiger partial charge in [-0.25, -0.2) is 0 Å². The molecule has 102 valence electrons. The lowest BCUT2D eigenvalue weighted by Crippen LogP contribution is -2.34. The Morgan fingerprint density at radius 2 is 2.00 bits per heavy atom. The normalized spacial score (nSPS) is 13.4. The highest BCUT2D eigenvalue weighted by Gasteiger charge is 2.38. The Morgan fingerprint density at radius 3 is 2.61 bits per heavy atom. The molecule has 0 spiro atoms. The van der Waals surface area contributed by atoms with Crippen molar-refractivity contribution in [3.05, 3.63) is 29.8 Å². The first-order valence-electron chi connectivity index (χ1n) is 5.61. The highest BCUT2D eigenvalue weighted by atomic mass is 19.4. The fourth-order valence-corrected chi connectivity index (χ4v) is 1.31. The Bertz CT molecular complexity index is 369.